The highest BCUT2D eigenvalue weighted by Crippen LogP contribution is 2.38. The van der Waals surface area contributed by atoms with Gasteiger partial charge in [0, 0.05) is 5.38 Å². The van der Waals surface area contributed by atoms with Crippen molar-refractivity contribution in [2.75, 3.05) is 11.6 Å². The zero-order chi connectivity index (χ0) is 18.5. The lowest BCUT2D eigenvalue weighted by atomic mass is 9.90. The number of anilines is 1. The standard InChI is InChI=1S/C13H16ClN7O4/c1-5(22)7-8(23)13(16,2-3-14)11(25-7)20-4-18-6-9(20)19-12(15)21(17)10(6)24/h4-5,7-8,11,22-23H,16-17H2,1H3,(H2,15,19)/t5-,7-,8?,11-,13-/m1/s1. The molecule has 0 spiro atoms. The van der Waals surface area contributed by atoms with E-state index in [-0.39, 0.29) is 17.1 Å². The molecule has 11 nitrogen and oxygen atoms in total. The van der Waals surface area contributed by atoms with Gasteiger partial charge < -0.3 is 32.3 Å². The number of hydrogen-bond acceptors (Lipinski definition) is 9. The molecular formula is C13H16ClN7O4. The van der Waals surface area contributed by atoms with E-state index in [9.17, 15) is 15.0 Å². The minimum Gasteiger partial charge on any atom is -0.391 e. The maximum Gasteiger partial charge on any atom is 0.301 e. The minimum absolute atomic E-state index is 0.0406. The Morgan fingerprint density at radius 2 is 2.24 bits per heavy atom. The second kappa shape index (κ2) is 5.87. The molecule has 3 rings (SSSR count). The van der Waals surface area contributed by atoms with Crippen LogP contribution in [0.4, 0.5) is 5.95 Å². The molecule has 2 aromatic heterocycles. The van der Waals surface area contributed by atoms with Gasteiger partial charge in [0.2, 0.25) is 5.95 Å². The number of hydrogen-bond donors (Lipinski definition) is 5. The Morgan fingerprint density at radius 3 is 2.84 bits per heavy atom. The maximum absolute atomic E-state index is 12.1. The summed E-state index contributed by atoms with van der Waals surface area (Å²) in [5.74, 6) is 7.73. The lowest BCUT2D eigenvalue weighted by Gasteiger charge is -2.27. The summed E-state index contributed by atoms with van der Waals surface area (Å²) in [5, 5.41) is 22.4. The summed E-state index contributed by atoms with van der Waals surface area (Å²) in [6.07, 6.45) is -3.37. The summed E-state index contributed by atoms with van der Waals surface area (Å²) in [6, 6.07) is 0. The van der Waals surface area contributed by atoms with Crippen LogP contribution in [-0.2, 0) is 4.74 Å². The van der Waals surface area contributed by atoms with E-state index >= 15 is 0 Å². The number of nitrogens with two attached hydrogens (primary N) is 3. The second-order valence-corrected chi connectivity index (χ2v) is 5.95. The number of aromatic nitrogens is 4. The van der Waals surface area contributed by atoms with Crippen molar-refractivity contribution in [2.45, 2.75) is 37.0 Å². The van der Waals surface area contributed by atoms with Crippen LogP contribution < -0.4 is 22.9 Å². The van der Waals surface area contributed by atoms with Gasteiger partial charge in [-0.25, -0.2) is 4.98 Å². The van der Waals surface area contributed by atoms with Crippen molar-refractivity contribution >= 4 is 28.7 Å². The summed E-state index contributed by atoms with van der Waals surface area (Å²) in [7, 11) is 0. The molecule has 1 unspecified atom stereocenters. The number of halogens is 1. The van der Waals surface area contributed by atoms with Gasteiger partial charge in [0.15, 0.2) is 22.9 Å². The molecule has 8 N–H and O–H groups in total. The van der Waals surface area contributed by atoms with Gasteiger partial charge in [-0.1, -0.05) is 5.92 Å². The van der Waals surface area contributed by atoms with Gasteiger partial charge in [0.1, 0.15) is 12.2 Å². The van der Waals surface area contributed by atoms with E-state index in [1.807, 2.05) is 0 Å². The summed E-state index contributed by atoms with van der Waals surface area (Å²) in [4.78, 5) is 20.1. The van der Waals surface area contributed by atoms with Gasteiger partial charge >= 0.3 is 5.56 Å². The first-order valence-electron chi connectivity index (χ1n) is 7.15. The molecule has 1 aliphatic rings. The number of nitrogen functional groups attached to an aromatic ring is 2. The third-order valence-electron chi connectivity index (χ3n) is 4.14. The van der Waals surface area contributed by atoms with Crippen LogP contribution in [0.2, 0.25) is 0 Å². The van der Waals surface area contributed by atoms with Crippen molar-refractivity contribution in [2.24, 2.45) is 5.73 Å². The van der Waals surface area contributed by atoms with Crippen LogP contribution in [-0.4, -0.2) is 53.3 Å². The molecule has 0 bridgehead atoms. The lowest BCUT2D eigenvalue weighted by Crippen LogP contribution is -2.54. The largest absolute Gasteiger partial charge is 0.391 e. The molecule has 0 aliphatic carbocycles. The molecule has 5 atom stereocenters. The fourth-order valence-electron chi connectivity index (χ4n) is 2.81. The molecule has 12 heteroatoms. The van der Waals surface area contributed by atoms with Crippen molar-refractivity contribution < 1.29 is 14.9 Å². The van der Waals surface area contributed by atoms with Gasteiger partial charge in [-0.3, -0.25) is 9.36 Å². The van der Waals surface area contributed by atoms with Gasteiger partial charge in [0.25, 0.3) is 0 Å². The molecular weight excluding hydrogens is 354 g/mol. The van der Waals surface area contributed by atoms with E-state index in [1.165, 1.54) is 17.8 Å². The lowest BCUT2D eigenvalue weighted by molar-refractivity contribution is -0.0756. The van der Waals surface area contributed by atoms with Gasteiger partial charge in [-0.2, -0.15) is 9.66 Å². The predicted octanol–water partition coefficient (Wildman–Crippen LogP) is -2.57. The van der Waals surface area contributed by atoms with E-state index in [0.29, 0.717) is 4.68 Å². The molecule has 134 valence electrons. The van der Waals surface area contributed by atoms with Crippen molar-refractivity contribution in [3.63, 3.8) is 0 Å². The normalized spacial score (nSPS) is 30.2. The summed E-state index contributed by atoms with van der Waals surface area (Å²) in [6.45, 7) is 1.43. The van der Waals surface area contributed by atoms with Crippen LogP contribution in [0, 0.1) is 11.3 Å². The molecule has 0 radical (unpaired) electrons. The van der Waals surface area contributed by atoms with Crippen molar-refractivity contribution in [1.82, 2.24) is 19.2 Å². The van der Waals surface area contributed by atoms with Crippen LogP contribution in [0.5, 0.6) is 0 Å². The second-order valence-electron chi connectivity index (χ2n) is 5.76. The number of imidazole rings is 1. The van der Waals surface area contributed by atoms with Crippen molar-refractivity contribution in [3.8, 4) is 11.3 Å². The first-order chi connectivity index (χ1) is 11.7. The van der Waals surface area contributed by atoms with Crippen LogP contribution in [0.1, 0.15) is 13.2 Å². The average Bonchev–Trinajstić information content (AvgIpc) is 3.06. The number of rotatable bonds is 2. The molecule has 0 saturated carbocycles. The Morgan fingerprint density at radius 1 is 1.56 bits per heavy atom. The highest BCUT2D eigenvalue weighted by molar-refractivity contribution is 6.30. The third kappa shape index (κ3) is 2.43. The highest BCUT2D eigenvalue weighted by Gasteiger charge is 2.56. The number of fused-ring (bicyclic) bond motifs is 1. The predicted molar refractivity (Wildman–Crippen MR) is 88.5 cm³/mol. The first kappa shape index (κ1) is 17.5. The Balaban J connectivity index is 2.22. The molecule has 25 heavy (non-hydrogen) atoms. The Labute approximate surface area is 145 Å². The van der Waals surface area contributed by atoms with Gasteiger partial charge in [-0.05, 0) is 18.5 Å². The van der Waals surface area contributed by atoms with E-state index in [0.717, 1.165) is 0 Å². The van der Waals surface area contributed by atoms with Crippen LogP contribution in [0.25, 0.3) is 11.2 Å². The molecule has 1 aliphatic heterocycles. The Bertz CT molecular complexity index is 945. The number of nitrogens with zero attached hydrogens (tertiary/aromatic N) is 4. The van der Waals surface area contributed by atoms with E-state index in [2.05, 4.69) is 21.3 Å². The topological polar surface area (TPSA) is 180 Å². The summed E-state index contributed by atoms with van der Waals surface area (Å²) < 4.78 is 7.62. The molecule has 3 heterocycles. The Hall–Kier alpha value is -2.36. The smallest absolute Gasteiger partial charge is 0.301 e. The van der Waals surface area contributed by atoms with Gasteiger partial charge in [-0.15, -0.1) is 0 Å². The van der Waals surface area contributed by atoms with Crippen LogP contribution in [0.15, 0.2) is 11.1 Å². The molecule has 1 fully saturated rings. The van der Waals surface area contributed by atoms with E-state index in [4.69, 9.17) is 33.6 Å². The van der Waals surface area contributed by atoms with Crippen molar-refractivity contribution in [3.05, 3.63) is 16.7 Å². The first-order valence-corrected chi connectivity index (χ1v) is 7.53. The molecule has 0 aromatic carbocycles. The summed E-state index contributed by atoms with van der Waals surface area (Å²) >= 11 is 5.48. The molecule has 1 saturated heterocycles. The Kier molecular flexibility index (Phi) is 4.10. The molecule has 2 aromatic rings. The van der Waals surface area contributed by atoms with Crippen LogP contribution in [0.3, 0.4) is 0 Å². The zero-order valence-corrected chi connectivity index (χ0v) is 13.8. The fraction of sp³-hybridized carbons (Fsp3) is 0.462. The number of aliphatic hydroxyl groups excluding tert-OH is 2. The quantitative estimate of drug-likeness (QED) is 0.280. The van der Waals surface area contributed by atoms with E-state index in [1.54, 1.807) is 0 Å². The van der Waals surface area contributed by atoms with Crippen LogP contribution >= 0.6 is 11.6 Å². The number of aliphatic hydroxyl groups is 2. The monoisotopic (exact) mass is 369 g/mol. The highest BCUT2D eigenvalue weighted by atomic mass is 35.5. The van der Waals surface area contributed by atoms with Gasteiger partial charge in [0.05, 0.1) is 12.4 Å². The van der Waals surface area contributed by atoms with E-state index < -0.39 is 35.6 Å². The maximum atomic E-state index is 12.1. The summed E-state index contributed by atoms with van der Waals surface area (Å²) in [5.41, 5.74) is 9.44. The third-order valence-corrected chi connectivity index (χ3v) is 4.24. The zero-order valence-electron chi connectivity index (χ0n) is 13.0. The molecule has 0 amide bonds. The van der Waals surface area contributed by atoms with Crippen molar-refractivity contribution in [1.29, 1.82) is 0 Å². The number of ether oxygens (including phenoxy) is 1. The minimum atomic E-state index is -1.69. The fourth-order valence-corrected chi connectivity index (χ4v) is 2.98. The average molecular weight is 370 g/mol. The SMILES string of the molecule is C[C@@H](O)[C@H]1O[C@@H](n2cnc3c(=O)n(N)c(N)nc32)[C@@](N)(C#CCl)C1O.